The molecule has 0 saturated heterocycles. The van der Waals surface area contributed by atoms with Crippen LogP contribution in [0, 0.1) is 13.8 Å². The molecule has 2 aromatic carbocycles. The van der Waals surface area contributed by atoms with Gasteiger partial charge in [0.2, 0.25) is 0 Å². The van der Waals surface area contributed by atoms with Gasteiger partial charge in [0, 0.05) is 11.6 Å². The van der Waals surface area contributed by atoms with E-state index in [4.69, 9.17) is 9.97 Å². The van der Waals surface area contributed by atoms with Crippen LogP contribution in [0.4, 0.5) is 0 Å². The standard InChI is InChI=1S/C25H23N3O2/c1-15-12-16(2)26-24-22(15)27-23(19-9-10-19)28(24)14-17-8-11-20(21(13-17)25(29)30)18-6-4-3-5-7-18/h3-8,11-13,19H,9-10,14H2,1-2H3,(H,29,30). The minimum Gasteiger partial charge on any atom is -0.478 e. The first-order valence-corrected chi connectivity index (χ1v) is 10.3. The third kappa shape index (κ3) is 3.26. The maximum absolute atomic E-state index is 12.0. The Balaban J connectivity index is 1.61. The molecular weight excluding hydrogens is 374 g/mol. The van der Waals surface area contributed by atoms with E-state index in [-0.39, 0.29) is 0 Å². The van der Waals surface area contributed by atoms with Crippen LogP contribution < -0.4 is 0 Å². The van der Waals surface area contributed by atoms with Crippen molar-refractivity contribution in [2.75, 3.05) is 0 Å². The molecule has 0 bridgehead atoms. The summed E-state index contributed by atoms with van der Waals surface area (Å²) in [4.78, 5) is 21.7. The van der Waals surface area contributed by atoms with Crippen LogP contribution in [0.15, 0.2) is 54.6 Å². The number of carboxylic acids is 1. The molecule has 1 fully saturated rings. The summed E-state index contributed by atoms with van der Waals surface area (Å²) in [5.41, 5.74) is 6.82. The third-order valence-corrected chi connectivity index (χ3v) is 5.73. The first-order chi connectivity index (χ1) is 14.5. The number of aryl methyl sites for hydroxylation is 2. The molecule has 5 nitrogen and oxygen atoms in total. The fourth-order valence-corrected chi connectivity index (χ4v) is 4.15. The molecular formula is C25H23N3O2. The lowest BCUT2D eigenvalue weighted by molar-refractivity contribution is 0.0697. The molecule has 1 aliphatic carbocycles. The Labute approximate surface area is 175 Å². The predicted molar refractivity (Wildman–Crippen MR) is 117 cm³/mol. The number of nitrogens with zero attached hydrogens (tertiary/aromatic N) is 3. The van der Waals surface area contributed by atoms with Crippen LogP contribution in [0.5, 0.6) is 0 Å². The second-order valence-corrected chi connectivity index (χ2v) is 8.13. The van der Waals surface area contributed by atoms with Crippen LogP contribution in [-0.2, 0) is 6.54 Å². The molecule has 1 N–H and O–H groups in total. The van der Waals surface area contributed by atoms with Crippen LogP contribution in [-0.4, -0.2) is 25.6 Å². The summed E-state index contributed by atoms with van der Waals surface area (Å²) in [6.45, 7) is 4.63. The summed E-state index contributed by atoms with van der Waals surface area (Å²) in [6.07, 6.45) is 2.29. The smallest absolute Gasteiger partial charge is 0.336 e. The highest BCUT2D eigenvalue weighted by Gasteiger charge is 2.30. The molecule has 4 aromatic rings. The second kappa shape index (κ2) is 7.10. The van der Waals surface area contributed by atoms with Gasteiger partial charge in [-0.25, -0.2) is 14.8 Å². The fraction of sp³-hybridized carbons (Fsp3) is 0.240. The van der Waals surface area contributed by atoms with Crippen molar-refractivity contribution in [2.24, 2.45) is 0 Å². The van der Waals surface area contributed by atoms with Gasteiger partial charge < -0.3 is 9.67 Å². The van der Waals surface area contributed by atoms with Crippen molar-refractivity contribution in [3.05, 3.63) is 82.8 Å². The zero-order chi connectivity index (χ0) is 20.8. The quantitative estimate of drug-likeness (QED) is 0.494. The van der Waals surface area contributed by atoms with E-state index < -0.39 is 5.97 Å². The van der Waals surface area contributed by atoms with Crippen molar-refractivity contribution in [1.29, 1.82) is 0 Å². The molecule has 0 unspecified atom stereocenters. The molecule has 1 aliphatic rings. The first-order valence-electron chi connectivity index (χ1n) is 10.3. The molecule has 150 valence electrons. The van der Waals surface area contributed by atoms with Gasteiger partial charge in [-0.3, -0.25) is 0 Å². The molecule has 0 radical (unpaired) electrons. The summed E-state index contributed by atoms with van der Waals surface area (Å²) in [6, 6.07) is 17.4. The van der Waals surface area contributed by atoms with E-state index >= 15 is 0 Å². The lowest BCUT2D eigenvalue weighted by Gasteiger charge is -2.12. The Morgan fingerprint density at radius 2 is 1.83 bits per heavy atom. The van der Waals surface area contributed by atoms with E-state index in [0.717, 1.165) is 57.8 Å². The third-order valence-electron chi connectivity index (χ3n) is 5.73. The van der Waals surface area contributed by atoms with Crippen molar-refractivity contribution in [3.63, 3.8) is 0 Å². The number of hydrogen-bond donors (Lipinski definition) is 1. The minimum atomic E-state index is -0.918. The zero-order valence-corrected chi connectivity index (χ0v) is 17.1. The van der Waals surface area contributed by atoms with E-state index in [1.807, 2.05) is 49.4 Å². The largest absolute Gasteiger partial charge is 0.478 e. The van der Waals surface area contributed by atoms with Gasteiger partial charge in [-0.2, -0.15) is 0 Å². The summed E-state index contributed by atoms with van der Waals surface area (Å²) < 4.78 is 2.18. The number of aromatic carboxylic acids is 1. The van der Waals surface area contributed by atoms with Gasteiger partial charge >= 0.3 is 5.97 Å². The highest BCUT2D eigenvalue weighted by atomic mass is 16.4. The van der Waals surface area contributed by atoms with Crippen LogP contribution >= 0.6 is 0 Å². The van der Waals surface area contributed by atoms with Gasteiger partial charge in [0.05, 0.1) is 12.1 Å². The summed E-state index contributed by atoms with van der Waals surface area (Å²) >= 11 is 0. The number of carboxylic acid groups (broad SMARTS) is 1. The average Bonchev–Trinajstić information content (AvgIpc) is 3.52. The molecule has 0 atom stereocenters. The molecule has 0 aliphatic heterocycles. The molecule has 1 saturated carbocycles. The predicted octanol–water partition coefficient (Wildman–Crippen LogP) is 5.34. The number of benzene rings is 2. The lowest BCUT2D eigenvalue weighted by Crippen LogP contribution is -2.08. The van der Waals surface area contributed by atoms with Crippen molar-refractivity contribution in [1.82, 2.24) is 14.5 Å². The number of carbonyl (C=O) groups is 1. The average molecular weight is 397 g/mol. The van der Waals surface area contributed by atoms with Crippen molar-refractivity contribution >= 4 is 17.1 Å². The maximum atomic E-state index is 12.0. The monoisotopic (exact) mass is 397 g/mol. The normalized spacial score (nSPS) is 13.7. The van der Waals surface area contributed by atoms with Gasteiger partial charge in [-0.1, -0.05) is 42.5 Å². The molecule has 5 rings (SSSR count). The van der Waals surface area contributed by atoms with Crippen LogP contribution in [0.25, 0.3) is 22.3 Å². The van der Waals surface area contributed by atoms with E-state index in [2.05, 4.69) is 17.6 Å². The summed E-state index contributed by atoms with van der Waals surface area (Å²) in [5.74, 6) is 0.620. The number of hydrogen-bond acceptors (Lipinski definition) is 3. The van der Waals surface area contributed by atoms with E-state index in [0.29, 0.717) is 18.0 Å². The highest BCUT2D eigenvalue weighted by Crippen LogP contribution is 2.41. The number of pyridine rings is 1. The van der Waals surface area contributed by atoms with Crippen molar-refractivity contribution in [3.8, 4) is 11.1 Å². The van der Waals surface area contributed by atoms with Crippen LogP contribution in [0.3, 0.4) is 0 Å². The number of fused-ring (bicyclic) bond motifs is 1. The Kier molecular flexibility index (Phi) is 4.39. The topological polar surface area (TPSA) is 68.0 Å². The Hall–Kier alpha value is -3.47. The van der Waals surface area contributed by atoms with Gasteiger partial charge in [0.1, 0.15) is 11.3 Å². The summed E-state index contributed by atoms with van der Waals surface area (Å²) in [5, 5.41) is 9.84. The lowest BCUT2D eigenvalue weighted by atomic mass is 9.97. The van der Waals surface area contributed by atoms with Crippen LogP contribution in [0.2, 0.25) is 0 Å². The molecule has 2 heterocycles. The van der Waals surface area contributed by atoms with Gasteiger partial charge in [0.15, 0.2) is 5.65 Å². The van der Waals surface area contributed by atoms with Gasteiger partial charge in [0.25, 0.3) is 0 Å². The molecule has 0 spiro atoms. The molecule has 2 aromatic heterocycles. The van der Waals surface area contributed by atoms with E-state index in [1.165, 1.54) is 0 Å². The maximum Gasteiger partial charge on any atom is 0.336 e. The molecule has 30 heavy (non-hydrogen) atoms. The Morgan fingerprint density at radius 3 is 2.53 bits per heavy atom. The SMILES string of the molecule is Cc1cc(C)c2nc(C3CC3)n(Cc3ccc(-c4ccccc4)c(C(=O)O)c3)c2n1. The van der Waals surface area contributed by atoms with Gasteiger partial charge in [-0.05, 0) is 61.1 Å². The first kappa shape index (κ1) is 18.6. The Bertz CT molecular complexity index is 1270. The molecule has 0 amide bonds. The number of aromatic nitrogens is 3. The van der Waals surface area contributed by atoms with E-state index in [9.17, 15) is 9.90 Å². The summed E-state index contributed by atoms with van der Waals surface area (Å²) in [7, 11) is 0. The van der Waals surface area contributed by atoms with Gasteiger partial charge in [-0.15, -0.1) is 0 Å². The number of rotatable bonds is 5. The molecule has 5 heteroatoms. The van der Waals surface area contributed by atoms with Crippen molar-refractivity contribution < 1.29 is 9.90 Å². The zero-order valence-electron chi connectivity index (χ0n) is 17.1. The van der Waals surface area contributed by atoms with Crippen LogP contribution in [0.1, 0.15) is 51.8 Å². The Morgan fingerprint density at radius 1 is 1.07 bits per heavy atom. The fourth-order valence-electron chi connectivity index (χ4n) is 4.15. The minimum absolute atomic E-state index is 0.316. The second-order valence-electron chi connectivity index (χ2n) is 8.13. The van der Waals surface area contributed by atoms with E-state index in [1.54, 1.807) is 6.07 Å². The highest BCUT2D eigenvalue weighted by molar-refractivity contribution is 5.96. The van der Waals surface area contributed by atoms with Crippen molar-refractivity contribution in [2.45, 2.75) is 39.2 Å². The number of imidazole rings is 1.